The number of alkyl halides is 3. The van der Waals surface area contributed by atoms with Gasteiger partial charge in [-0.25, -0.2) is 4.98 Å². The molecule has 3 rings (SSSR count). The van der Waals surface area contributed by atoms with Gasteiger partial charge in [-0.15, -0.1) is 23.1 Å². The van der Waals surface area contributed by atoms with Gasteiger partial charge in [-0.3, -0.25) is 14.0 Å². The van der Waals surface area contributed by atoms with Crippen LogP contribution in [-0.4, -0.2) is 27.2 Å². The number of rotatable bonds is 6. The Balaban J connectivity index is 1.60. The molecule has 0 radical (unpaired) electrons. The minimum atomic E-state index is -4.60. The summed E-state index contributed by atoms with van der Waals surface area (Å²) < 4.78 is 41.1. The molecule has 1 aromatic carbocycles. The monoisotopic (exact) mass is 413 g/mol. The number of hydrogen-bond acceptors (Lipinski definition) is 5. The zero-order valence-electron chi connectivity index (χ0n) is 13.8. The normalized spacial score (nSPS) is 12.9. The lowest BCUT2D eigenvalue weighted by Gasteiger charge is -2.22. The Labute approximate surface area is 160 Å². The van der Waals surface area contributed by atoms with Gasteiger partial charge in [0.25, 0.3) is 5.56 Å². The molecule has 0 saturated heterocycles. The van der Waals surface area contributed by atoms with Crippen LogP contribution < -0.4 is 10.9 Å². The van der Waals surface area contributed by atoms with Crippen molar-refractivity contribution in [1.29, 1.82) is 0 Å². The van der Waals surface area contributed by atoms with E-state index in [1.165, 1.54) is 46.1 Å². The second kappa shape index (κ2) is 8.13. The molecular formula is C17H14F3N3O2S2. The van der Waals surface area contributed by atoms with Gasteiger partial charge in [0.1, 0.15) is 0 Å². The van der Waals surface area contributed by atoms with Gasteiger partial charge in [-0.2, -0.15) is 13.2 Å². The molecule has 142 valence electrons. The van der Waals surface area contributed by atoms with Crippen LogP contribution in [0.25, 0.3) is 4.96 Å². The minimum Gasteiger partial charge on any atom is -0.340 e. The van der Waals surface area contributed by atoms with Crippen molar-refractivity contribution in [2.75, 3.05) is 5.75 Å². The van der Waals surface area contributed by atoms with Crippen molar-refractivity contribution in [2.24, 2.45) is 0 Å². The summed E-state index contributed by atoms with van der Waals surface area (Å²) in [4.78, 5) is 28.7. The lowest BCUT2D eigenvalue weighted by atomic mass is 10.1. The first-order chi connectivity index (χ1) is 12.8. The predicted octanol–water partition coefficient (Wildman–Crippen LogP) is 3.41. The number of benzene rings is 1. The van der Waals surface area contributed by atoms with Crippen LogP contribution in [-0.2, 0) is 10.5 Å². The van der Waals surface area contributed by atoms with Gasteiger partial charge >= 0.3 is 6.18 Å². The number of thiazole rings is 1. The molecule has 0 aliphatic heterocycles. The molecule has 5 nitrogen and oxygen atoms in total. The van der Waals surface area contributed by atoms with E-state index in [0.717, 1.165) is 11.8 Å². The standard InChI is InChI=1S/C17H14F3N3O2S2/c18-17(19,20)15(11-4-2-1-3-5-11)22-13(24)10-26-9-12-8-14(25)23-6-7-27-16(23)21-12/h1-8,15H,9-10H2,(H,22,24). The summed E-state index contributed by atoms with van der Waals surface area (Å²) in [6.45, 7) is 0. The van der Waals surface area contributed by atoms with Crippen LogP contribution in [0, 0.1) is 0 Å². The first-order valence-corrected chi connectivity index (χ1v) is 9.82. The van der Waals surface area contributed by atoms with Gasteiger partial charge in [0.15, 0.2) is 11.0 Å². The number of halogens is 3. The number of nitrogens with zero attached hydrogens (tertiary/aromatic N) is 2. The maximum absolute atomic E-state index is 13.2. The maximum Gasteiger partial charge on any atom is 0.412 e. The smallest absolute Gasteiger partial charge is 0.340 e. The summed E-state index contributed by atoms with van der Waals surface area (Å²) in [5.74, 6) is -0.663. The van der Waals surface area contributed by atoms with E-state index in [4.69, 9.17) is 0 Å². The van der Waals surface area contributed by atoms with E-state index >= 15 is 0 Å². The quantitative estimate of drug-likeness (QED) is 0.673. The third-order valence-corrected chi connectivity index (χ3v) is 5.33. The number of carbonyl (C=O) groups is 1. The number of amides is 1. The number of aromatic nitrogens is 2. The Bertz CT molecular complexity index is 986. The van der Waals surface area contributed by atoms with E-state index in [1.807, 2.05) is 5.32 Å². The minimum absolute atomic E-state index is 0.0267. The molecule has 2 heterocycles. The van der Waals surface area contributed by atoms with Crippen molar-refractivity contribution in [3.05, 3.63) is 69.6 Å². The van der Waals surface area contributed by atoms with E-state index in [-0.39, 0.29) is 22.6 Å². The Morgan fingerprint density at radius 2 is 2.04 bits per heavy atom. The molecule has 1 unspecified atom stereocenters. The molecule has 2 aromatic heterocycles. The average molecular weight is 413 g/mol. The molecule has 3 aromatic rings. The fraction of sp³-hybridized carbons (Fsp3) is 0.235. The first kappa shape index (κ1) is 19.4. The molecule has 0 bridgehead atoms. The number of thioether (sulfide) groups is 1. The van der Waals surface area contributed by atoms with Crippen LogP contribution in [0.15, 0.2) is 52.8 Å². The molecule has 10 heteroatoms. The van der Waals surface area contributed by atoms with Crippen molar-refractivity contribution in [2.45, 2.75) is 18.0 Å². The van der Waals surface area contributed by atoms with Gasteiger partial charge < -0.3 is 5.32 Å². The zero-order chi connectivity index (χ0) is 19.4. The summed E-state index contributed by atoms with van der Waals surface area (Å²) >= 11 is 2.40. The van der Waals surface area contributed by atoms with Gasteiger partial charge in [0, 0.05) is 23.4 Å². The van der Waals surface area contributed by atoms with Gasteiger partial charge in [0.2, 0.25) is 5.91 Å². The Morgan fingerprint density at radius 3 is 2.74 bits per heavy atom. The van der Waals surface area contributed by atoms with E-state index in [9.17, 15) is 22.8 Å². The summed E-state index contributed by atoms with van der Waals surface area (Å²) in [5, 5.41) is 3.76. The van der Waals surface area contributed by atoms with Crippen molar-refractivity contribution in [1.82, 2.24) is 14.7 Å². The summed E-state index contributed by atoms with van der Waals surface area (Å²) in [5.41, 5.74) is 0.222. The summed E-state index contributed by atoms with van der Waals surface area (Å²) in [6, 6.07) is 6.51. The van der Waals surface area contributed by atoms with Crippen molar-refractivity contribution in [3.8, 4) is 0 Å². The lowest BCUT2D eigenvalue weighted by molar-refractivity contribution is -0.162. The topological polar surface area (TPSA) is 63.5 Å². The molecule has 0 spiro atoms. The maximum atomic E-state index is 13.2. The van der Waals surface area contributed by atoms with Crippen LogP contribution in [0.3, 0.4) is 0 Å². The fourth-order valence-electron chi connectivity index (χ4n) is 2.41. The molecule has 0 aliphatic rings. The highest BCUT2D eigenvalue weighted by molar-refractivity contribution is 7.99. The Kier molecular flexibility index (Phi) is 5.85. The number of nitrogens with one attached hydrogen (secondary N) is 1. The summed E-state index contributed by atoms with van der Waals surface area (Å²) in [6.07, 6.45) is -2.98. The van der Waals surface area contributed by atoms with E-state index in [1.54, 1.807) is 17.6 Å². The zero-order valence-corrected chi connectivity index (χ0v) is 15.4. The largest absolute Gasteiger partial charge is 0.412 e. The van der Waals surface area contributed by atoms with Crippen LogP contribution in [0.5, 0.6) is 0 Å². The molecule has 0 fully saturated rings. The molecular weight excluding hydrogens is 399 g/mol. The van der Waals surface area contributed by atoms with Gasteiger partial charge in [-0.05, 0) is 5.56 Å². The number of hydrogen-bond donors (Lipinski definition) is 1. The van der Waals surface area contributed by atoms with Crippen LogP contribution >= 0.6 is 23.1 Å². The Morgan fingerprint density at radius 1 is 1.30 bits per heavy atom. The highest BCUT2D eigenvalue weighted by atomic mass is 32.2. The van der Waals surface area contributed by atoms with E-state index in [0.29, 0.717) is 10.7 Å². The molecule has 27 heavy (non-hydrogen) atoms. The number of fused-ring (bicyclic) bond motifs is 1. The first-order valence-electron chi connectivity index (χ1n) is 7.79. The molecule has 0 aliphatic carbocycles. The number of carbonyl (C=O) groups excluding carboxylic acids is 1. The molecule has 0 saturated carbocycles. The van der Waals surface area contributed by atoms with Crippen molar-refractivity contribution in [3.63, 3.8) is 0 Å². The third kappa shape index (κ3) is 4.89. The van der Waals surface area contributed by atoms with E-state index in [2.05, 4.69) is 4.98 Å². The second-order valence-electron chi connectivity index (χ2n) is 5.59. The fourth-order valence-corrected chi connectivity index (χ4v) is 3.88. The third-order valence-electron chi connectivity index (χ3n) is 3.60. The van der Waals surface area contributed by atoms with E-state index < -0.39 is 18.1 Å². The van der Waals surface area contributed by atoms with Crippen molar-refractivity contribution < 1.29 is 18.0 Å². The summed E-state index contributed by atoms with van der Waals surface area (Å²) in [7, 11) is 0. The van der Waals surface area contributed by atoms with Crippen molar-refractivity contribution >= 4 is 34.0 Å². The van der Waals surface area contributed by atoms with Gasteiger partial charge in [-0.1, -0.05) is 30.3 Å². The second-order valence-corrected chi connectivity index (χ2v) is 7.45. The SMILES string of the molecule is O=C(CSCc1cc(=O)n2ccsc2n1)NC(c1ccccc1)C(F)(F)F. The Hall–Kier alpha value is -2.33. The molecule has 1 amide bonds. The van der Waals surface area contributed by atoms with Crippen LogP contribution in [0.2, 0.25) is 0 Å². The highest BCUT2D eigenvalue weighted by Gasteiger charge is 2.41. The highest BCUT2D eigenvalue weighted by Crippen LogP contribution is 2.32. The van der Waals surface area contributed by atoms with Gasteiger partial charge in [0.05, 0.1) is 11.4 Å². The predicted molar refractivity (Wildman–Crippen MR) is 98.9 cm³/mol. The average Bonchev–Trinajstić information content (AvgIpc) is 3.09. The molecule has 1 N–H and O–H groups in total. The van der Waals surface area contributed by atoms with Crippen LogP contribution in [0.4, 0.5) is 13.2 Å². The van der Waals surface area contributed by atoms with Crippen LogP contribution in [0.1, 0.15) is 17.3 Å². The lowest BCUT2D eigenvalue weighted by Crippen LogP contribution is -2.39. The molecule has 1 atom stereocenters.